The molecule has 46 heavy (non-hydrogen) atoms. The van der Waals surface area contributed by atoms with Gasteiger partial charge in [-0.25, -0.2) is 14.4 Å². The van der Waals surface area contributed by atoms with Crippen LogP contribution in [0, 0.1) is 0 Å². The second-order valence-corrected chi connectivity index (χ2v) is 16.6. The molecule has 13 nitrogen and oxygen atoms in total. The van der Waals surface area contributed by atoms with Gasteiger partial charge in [0.15, 0.2) is 18.6 Å². The minimum Gasteiger partial charge on any atom is -0.386 e. The largest absolute Gasteiger partial charge is 0.386 e. The summed E-state index contributed by atoms with van der Waals surface area (Å²) >= 11 is 29.8. The van der Waals surface area contributed by atoms with Crippen molar-refractivity contribution in [2.24, 2.45) is 0 Å². The second kappa shape index (κ2) is 12.5. The summed E-state index contributed by atoms with van der Waals surface area (Å²) in [4.78, 5) is 19.5. The molecular weight excluding hydrogens is 754 g/mol. The van der Waals surface area contributed by atoms with E-state index >= 15 is 4.39 Å². The summed E-state index contributed by atoms with van der Waals surface area (Å²) in [5.74, 6) is 0. The van der Waals surface area contributed by atoms with Crippen LogP contribution >= 0.6 is 60.6 Å². The van der Waals surface area contributed by atoms with Crippen LogP contribution in [0.25, 0.3) is 22.1 Å². The Hall–Kier alpha value is -0.905. The highest BCUT2D eigenvalue weighted by Crippen LogP contribution is 2.54. The first-order valence-corrected chi connectivity index (χ1v) is 19.1. The summed E-state index contributed by atoms with van der Waals surface area (Å²) in [6.45, 7) is -5.36. The zero-order valence-corrected chi connectivity index (χ0v) is 28.4. The molecule has 0 saturated carbocycles. The number of hydrogen-bond acceptors (Lipinski definition) is 11. The molecule has 0 spiro atoms. The summed E-state index contributed by atoms with van der Waals surface area (Å²) in [7, 11) is 1.37. The Kier molecular flexibility index (Phi) is 9.09. The van der Waals surface area contributed by atoms with Crippen LogP contribution < -0.4 is 0 Å². The zero-order chi connectivity index (χ0) is 32.7. The van der Waals surface area contributed by atoms with Crippen LogP contribution in [0.1, 0.15) is 12.5 Å². The molecule has 244 valence electrons. The third-order valence-corrected chi connectivity index (χ3v) is 11.8. The van der Waals surface area contributed by atoms with Crippen LogP contribution in [0.4, 0.5) is 4.39 Å². The lowest BCUT2D eigenvalue weighted by Gasteiger charge is -2.30. The van der Waals surface area contributed by atoms with Crippen LogP contribution in [0.5, 0.6) is 0 Å². The summed E-state index contributed by atoms with van der Waals surface area (Å²) in [6, 6.07) is 6.05. The van der Waals surface area contributed by atoms with Gasteiger partial charge in [0.05, 0.1) is 68.0 Å². The number of benzene rings is 2. The van der Waals surface area contributed by atoms with Crippen molar-refractivity contribution in [1.29, 1.82) is 0 Å². The van der Waals surface area contributed by atoms with Gasteiger partial charge in [0.25, 0.3) is 7.47 Å². The minimum atomic E-state index is -4.53. The Morgan fingerprint density at radius 1 is 0.848 bits per heavy atom. The number of hydrogen-bond donors (Lipinski definition) is 2. The molecule has 2 aromatic carbocycles. The Morgan fingerprint density at radius 2 is 1.35 bits per heavy atom. The molecular formula is C24H20BCl4FN4O9P2S. The second-order valence-electron chi connectivity index (χ2n) is 10.6. The SMILES string of the molecule is [B]P1(=O)OC[C@H]2O[C@@H](n3cnc4cc(Cl)c(Cl)cc43)C(O)C2OP(O)(=S)OC[C@H]2O[C@@H](n3cnc4cc(Cl)c(Cl)cc43)C(F)C2O1. The molecule has 5 heterocycles. The maximum atomic E-state index is 16.1. The van der Waals surface area contributed by atoms with Crippen molar-refractivity contribution in [3.63, 3.8) is 0 Å². The molecule has 2 radical (unpaired) electrons. The molecule has 0 amide bonds. The third kappa shape index (κ3) is 6.19. The molecule has 2 N–H and O–H groups in total. The van der Waals surface area contributed by atoms with Gasteiger partial charge in [0.2, 0.25) is 7.57 Å². The van der Waals surface area contributed by atoms with Crippen LogP contribution in [-0.4, -0.2) is 86.6 Å². The first-order chi connectivity index (χ1) is 21.7. The highest BCUT2D eigenvalue weighted by atomic mass is 35.5. The van der Waals surface area contributed by atoms with Crippen molar-refractivity contribution in [1.82, 2.24) is 19.1 Å². The number of ether oxygens (including phenoxy) is 2. The van der Waals surface area contributed by atoms with Gasteiger partial charge in [-0.15, -0.1) is 0 Å². The molecule has 6 unspecified atom stereocenters. The number of aliphatic hydroxyl groups excluding tert-OH is 1. The van der Waals surface area contributed by atoms with Gasteiger partial charge >= 0.3 is 6.72 Å². The summed E-state index contributed by atoms with van der Waals surface area (Å²) in [5.41, 5.74) is 1.69. The van der Waals surface area contributed by atoms with E-state index in [9.17, 15) is 14.6 Å². The van der Waals surface area contributed by atoms with E-state index in [0.717, 1.165) is 0 Å². The van der Waals surface area contributed by atoms with Gasteiger partial charge in [-0.3, -0.25) is 9.09 Å². The average Bonchev–Trinajstić information content (AvgIpc) is 3.72. The molecule has 3 fully saturated rings. The smallest absolute Gasteiger partial charge is 0.325 e. The van der Waals surface area contributed by atoms with E-state index in [1.54, 1.807) is 0 Å². The molecule has 3 aliphatic heterocycles. The van der Waals surface area contributed by atoms with E-state index in [4.69, 9.17) is 93.3 Å². The maximum Gasteiger partial charge on any atom is 0.325 e. The van der Waals surface area contributed by atoms with E-state index in [2.05, 4.69) is 9.97 Å². The lowest BCUT2D eigenvalue weighted by atomic mass is 10.1. The van der Waals surface area contributed by atoms with E-state index in [1.807, 2.05) is 0 Å². The quantitative estimate of drug-likeness (QED) is 0.196. The van der Waals surface area contributed by atoms with Crippen LogP contribution in [0.2, 0.25) is 20.1 Å². The van der Waals surface area contributed by atoms with Gasteiger partial charge in [-0.1, -0.05) is 46.4 Å². The number of nitrogens with zero attached hydrogens (tertiary/aromatic N) is 4. The van der Waals surface area contributed by atoms with Crippen molar-refractivity contribution in [3.05, 3.63) is 57.0 Å². The molecule has 0 bridgehead atoms. The number of alkyl halides is 1. The van der Waals surface area contributed by atoms with Crippen LogP contribution in [0.15, 0.2) is 36.9 Å². The zero-order valence-electron chi connectivity index (χ0n) is 22.8. The van der Waals surface area contributed by atoms with Gasteiger partial charge in [0.1, 0.15) is 30.5 Å². The number of rotatable bonds is 2. The molecule has 0 aliphatic carbocycles. The highest BCUT2D eigenvalue weighted by molar-refractivity contribution is 8.07. The van der Waals surface area contributed by atoms with Crippen molar-refractivity contribution < 1.29 is 46.5 Å². The number of aliphatic hydroxyl groups is 1. The molecule has 22 heteroatoms. The van der Waals surface area contributed by atoms with Crippen molar-refractivity contribution in [2.45, 2.75) is 49.1 Å². The van der Waals surface area contributed by atoms with E-state index in [-0.39, 0.29) is 20.1 Å². The average molecular weight is 774 g/mol. The van der Waals surface area contributed by atoms with E-state index in [1.165, 1.54) is 46.1 Å². The molecule has 3 saturated heterocycles. The third-order valence-electron chi connectivity index (χ3n) is 7.70. The van der Waals surface area contributed by atoms with Crippen molar-refractivity contribution in [2.75, 3.05) is 13.2 Å². The van der Waals surface area contributed by atoms with Crippen molar-refractivity contribution in [3.8, 4) is 0 Å². The van der Waals surface area contributed by atoms with Crippen LogP contribution in [-0.2, 0) is 43.9 Å². The molecule has 3 aliphatic rings. The first-order valence-electron chi connectivity index (χ1n) is 13.3. The normalized spacial score (nSPS) is 37.2. The number of halogens is 5. The molecule has 4 aromatic rings. The minimum absolute atomic E-state index is 0.194. The summed E-state index contributed by atoms with van der Waals surface area (Å²) < 4.78 is 66.3. The predicted molar refractivity (Wildman–Crippen MR) is 170 cm³/mol. The fraction of sp³-hybridized carbons (Fsp3) is 0.417. The maximum absolute atomic E-state index is 16.1. The van der Waals surface area contributed by atoms with E-state index in [0.29, 0.717) is 22.1 Å². The standard InChI is InChI=1S/C24H20BCl4FN4O9P2S/c25-44(36)38-5-18-22(20(35)24(41-18)34-8-32-14-2-10(27)12(29)4-16(14)34)43-45(37,46)39-6-17-21(42-44)19(30)23(40-17)33-7-31-13-1-9(26)11(28)3-15(13)33/h1-4,7-8,17-24,35H,5-6H2,(H,37,46)/t17-,18-,19?,20?,21?,22?,23-,24-,44?,45?/m1/s1. The fourth-order valence-electron chi connectivity index (χ4n) is 5.57. The predicted octanol–water partition coefficient (Wildman–Crippen LogP) is 5.50. The van der Waals surface area contributed by atoms with Gasteiger partial charge in [0, 0.05) is 0 Å². The fourth-order valence-corrected chi connectivity index (χ4v) is 8.66. The number of aromatic nitrogens is 4. The molecule has 7 rings (SSSR count). The number of imidazole rings is 2. The summed E-state index contributed by atoms with van der Waals surface area (Å²) in [5, 5.41) is 12.2. The highest BCUT2D eigenvalue weighted by Gasteiger charge is 2.53. The van der Waals surface area contributed by atoms with Crippen LogP contribution in [0.3, 0.4) is 0 Å². The topological polar surface area (TPSA) is 149 Å². The molecule has 2 aromatic heterocycles. The van der Waals surface area contributed by atoms with Gasteiger partial charge in [-0.2, -0.15) is 0 Å². The lowest BCUT2D eigenvalue weighted by molar-refractivity contribution is -0.0570. The Balaban J connectivity index is 1.16. The first kappa shape index (κ1) is 33.6. The Bertz CT molecular complexity index is 1810. The Labute approximate surface area is 285 Å². The Morgan fingerprint density at radius 3 is 1.96 bits per heavy atom. The van der Waals surface area contributed by atoms with Crippen molar-refractivity contribution >= 4 is 102 Å². The van der Waals surface area contributed by atoms with Gasteiger partial charge in [-0.05, 0) is 36.1 Å². The molecule has 10 atom stereocenters. The number of fused-ring (bicyclic) bond motifs is 4. The van der Waals surface area contributed by atoms with Gasteiger partial charge < -0.3 is 42.2 Å². The van der Waals surface area contributed by atoms with E-state index < -0.39 is 76.6 Å². The lowest BCUT2D eigenvalue weighted by Crippen LogP contribution is -2.38. The monoisotopic (exact) mass is 772 g/mol. The summed E-state index contributed by atoms with van der Waals surface area (Å²) in [6.07, 6.45) is -8.92.